The highest BCUT2D eigenvalue weighted by Crippen LogP contribution is 2.37. The van der Waals surface area contributed by atoms with Crippen molar-refractivity contribution in [3.05, 3.63) is 24.0 Å². The third kappa shape index (κ3) is 3.29. The highest BCUT2D eigenvalue weighted by atomic mass is 19.3. The molecule has 1 aliphatic heterocycles. The van der Waals surface area contributed by atoms with Gasteiger partial charge in [-0.15, -0.1) is 0 Å². The molecule has 1 saturated carbocycles. The zero-order valence-electron chi connectivity index (χ0n) is 11.6. The van der Waals surface area contributed by atoms with E-state index in [1.54, 1.807) is 12.3 Å². The number of piperazine rings is 1. The minimum atomic E-state index is -2.63. The van der Waals surface area contributed by atoms with E-state index in [-0.39, 0.29) is 24.4 Å². The monoisotopic (exact) mass is 296 g/mol. The van der Waals surface area contributed by atoms with E-state index in [0.717, 1.165) is 31.9 Å². The summed E-state index contributed by atoms with van der Waals surface area (Å²) in [6.07, 6.45) is 1.10. The third-order valence-electron chi connectivity index (χ3n) is 3.89. The second-order valence-corrected chi connectivity index (χ2v) is 5.57. The Morgan fingerprint density at radius 3 is 2.62 bits per heavy atom. The molecular weight excluding hydrogens is 278 g/mol. The van der Waals surface area contributed by atoms with Gasteiger partial charge in [0, 0.05) is 45.1 Å². The van der Waals surface area contributed by atoms with Crippen LogP contribution in [0.3, 0.4) is 0 Å². The van der Waals surface area contributed by atoms with E-state index in [2.05, 4.69) is 20.5 Å². The zero-order valence-corrected chi connectivity index (χ0v) is 11.6. The summed E-state index contributed by atoms with van der Waals surface area (Å²) in [5.74, 6) is -3.01. The Hall–Kier alpha value is -1.76. The van der Waals surface area contributed by atoms with Crippen LogP contribution in [0, 0.1) is 0 Å². The molecule has 5 nitrogen and oxygen atoms in total. The van der Waals surface area contributed by atoms with Gasteiger partial charge in [-0.2, -0.15) is 0 Å². The van der Waals surface area contributed by atoms with Crippen LogP contribution < -0.4 is 15.5 Å². The van der Waals surface area contributed by atoms with E-state index in [1.165, 1.54) is 0 Å². The lowest BCUT2D eigenvalue weighted by atomic mass is 9.88. The molecule has 114 valence electrons. The van der Waals surface area contributed by atoms with Crippen molar-refractivity contribution in [2.75, 3.05) is 31.1 Å². The first kappa shape index (κ1) is 14.2. The number of carbonyl (C=O) groups excluding carboxylic acids is 1. The molecule has 21 heavy (non-hydrogen) atoms. The summed E-state index contributed by atoms with van der Waals surface area (Å²) >= 11 is 0. The lowest BCUT2D eigenvalue weighted by Gasteiger charge is -2.35. The van der Waals surface area contributed by atoms with Gasteiger partial charge in [0.05, 0.1) is 11.9 Å². The lowest BCUT2D eigenvalue weighted by Crippen LogP contribution is -2.50. The average molecular weight is 296 g/mol. The maximum Gasteiger partial charge on any atom is 0.270 e. The largest absolute Gasteiger partial charge is 0.368 e. The smallest absolute Gasteiger partial charge is 0.270 e. The summed E-state index contributed by atoms with van der Waals surface area (Å²) < 4.78 is 25.4. The van der Waals surface area contributed by atoms with Crippen molar-refractivity contribution in [3.63, 3.8) is 0 Å². The topological polar surface area (TPSA) is 57.3 Å². The maximum atomic E-state index is 12.7. The number of amides is 1. The number of nitrogens with zero attached hydrogens (tertiary/aromatic N) is 2. The van der Waals surface area contributed by atoms with E-state index in [9.17, 15) is 13.6 Å². The number of halogens is 2. The Balaban J connectivity index is 1.57. The Bertz CT molecular complexity index is 506. The molecule has 0 bridgehead atoms. The Kier molecular flexibility index (Phi) is 3.75. The number of alkyl halides is 2. The fourth-order valence-corrected chi connectivity index (χ4v) is 2.65. The maximum absolute atomic E-state index is 12.7. The predicted octanol–water partition coefficient (Wildman–Crippen LogP) is 1.02. The fourth-order valence-electron chi connectivity index (χ4n) is 2.65. The number of hydrogen-bond donors (Lipinski definition) is 2. The van der Waals surface area contributed by atoms with Crippen LogP contribution in [0.5, 0.6) is 0 Å². The van der Waals surface area contributed by atoms with Crippen molar-refractivity contribution in [1.82, 2.24) is 15.6 Å². The van der Waals surface area contributed by atoms with E-state index in [4.69, 9.17) is 0 Å². The molecule has 0 aromatic carbocycles. The molecule has 2 aliphatic rings. The molecule has 2 heterocycles. The van der Waals surface area contributed by atoms with Crippen LogP contribution in [-0.2, 0) is 0 Å². The quantitative estimate of drug-likeness (QED) is 0.874. The molecule has 2 fully saturated rings. The first-order valence-electron chi connectivity index (χ1n) is 7.14. The number of anilines is 1. The molecule has 0 atom stereocenters. The van der Waals surface area contributed by atoms with Crippen LogP contribution in [0.25, 0.3) is 0 Å². The van der Waals surface area contributed by atoms with E-state index in [0.29, 0.717) is 0 Å². The second kappa shape index (κ2) is 5.55. The minimum absolute atomic E-state index is 0.268. The number of hydrogen-bond acceptors (Lipinski definition) is 4. The van der Waals surface area contributed by atoms with Crippen LogP contribution in [0.4, 0.5) is 14.5 Å². The van der Waals surface area contributed by atoms with Crippen molar-refractivity contribution in [3.8, 4) is 0 Å². The number of rotatable bonds is 3. The molecule has 0 radical (unpaired) electrons. The van der Waals surface area contributed by atoms with Gasteiger partial charge in [-0.25, -0.2) is 13.8 Å². The molecule has 7 heteroatoms. The molecule has 0 spiro atoms. The summed E-state index contributed by atoms with van der Waals surface area (Å²) in [5.41, 5.74) is 1.24. The SMILES string of the molecule is O=C(NC1CC(F)(F)C1)c1ccc(N2CCNCC2)cn1. The molecule has 3 rings (SSSR count). The molecule has 1 aliphatic carbocycles. The summed E-state index contributed by atoms with van der Waals surface area (Å²) in [6, 6.07) is 3.05. The van der Waals surface area contributed by atoms with Crippen LogP contribution in [0.2, 0.25) is 0 Å². The molecule has 2 N–H and O–H groups in total. The van der Waals surface area contributed by atoms with Gasteiger partial charge in [-0.1, -0.05) is 0 Å². The first-order chi connectivity index (χ1) is 10.0. The van der Waals surface area contributed by atoms with Gasteiger partial charge in [0.25, 0.3) is 11.8 Å². The standard InChI is InChI=1S/C14H18F2N4O/c15-14(16)7-10(8-14)19-13(21)12-2-1-11(9-18-12)20-5-3-17-4-6-20/h1-2,9-10,17H,3-8H2,(H,19,21). The van der Waals surface area contributed by atoms with Gasteiger partial charge < -0.3 is 15.5 Å². The van der Waals surface area contributed by atoms with Crippen molar-refractivity contribution < 1.29 is 13.6 Å². The van der Waals surface area contributed by atoms with Crippen molar-refractivity contribution >= 4 is 11.6 Å². The highest BCUT2D eigenvalue weighted by Gasteiger charge is 2.46. The molecular formula is C14H18F2N4O. The van der Waals surface area contributed by atoms with Crippen molar-refractivity contribution in [1.29, 1.82) is 0 Å². The Morgan fingerprint density at radius 1 is 1.33 bits per heavy atom. The molecule has 1 amide bonds. The third-order valence-corrected chi connectivity index (χ3v) is 3.89. The predicted molar refractivity (Wildman–Crippen MR) is 74.8 cm³/mol. The summed E-state index contributed by atoms with van der Waals surface area (Å²) in [4.78, 5) is 18.2. The van der Waals surface area contributed by atoms with Crippen LogP contribution >= 0.6 is 0 Å². The number of carbonyl (C=O) groups is 1. The summed E-state index contributed by atoms with van der Waals surface area (Å²) in [5, 5.41) is 5.85. The van der Waals surface area contributed by atoms with Crippen LogP contribution in [0.15, 0.2) is 18.3 Å². The Labute approximate surface area is 121 Å². The lowest BCUT2D eigenvalue weighted by molar-refractivity contribution is -0.0901. The summed E-state index contributed by atoms with van der Waals surface area (Å²) in [7, 11) is 0. The van der Waals surface area contributed by atoms with E-state index < -0.39 is 12.0 Å². The van der Waals surface area contributed by atoms with Gasteiger partial charge in [0.2, 0.25) is 0 Å². The number of pyridine rings is 1. The highest BCUT2D eigenvalue weighted by molar-refractivity contribution is 5.92. The second-order valence-electron chi connectivity index (χ2n) is 5.57. The minimum Gasteiger partial charge on any atom is -0.368 e. The van der Waals surface area contributed by atoms with Crippen molar-refractivity contribution in [2.45, 2.75) is 24.8 Å². The van der Waals surface area contributed by atoms with Crippen LogP contribution in [-0.4, -0.2) is 49.0 Å². The van der Waals surface area contributed by atoms with Crippen LogP contribution in [0.1, 0.15) is 23.3 Å². The Morgan fingerprint density at radius 2 is 2.05 bits per heavy atom. The normalized spacial score (nSPS) is 21.7. The number of nitrogens with one attached hydrogen (secondary N) is 2. The first-order valence-corrected chi connectivity index (χ1v) is 7.14. The number of aromatic nitrogens is 1. The average Bonchev–Trinajstić information content (AvgIpc) is 2.46. The van der Waals surface area contributed by atoms with E-state index in [1.807, 2.05) is 6.07 Å². The molecule has 1 saturated heterocycles. The zero-order chi connectivity index (χ0) is 14.9. The van der Waals surface area contributed by atoms with E-state index >= 15 is 0 Å². The fraction of sp³-hybridized carbons (Fsp3) is 0.571. The van der Waals surface area contributed by atoms with Crippen molar-refractivity contribution in [2.24, 2.45) is 0 Å². The summed E-state index contributed by atoms with van der Waals surface area (Å²) in [6.45, 7) is 3.67. The van der Waals surface area contributed by atoms with Gasteiger partial charge in [-0.05, 0) is 12.1 Å². The van der Waals surface area contributed by atoms with Gasteiger partial charge in [0.15, 0.2) is 0 Å². The molecule has 1 aromatic rings. The molecule has 0 unspecified atom stereocenters. The van der Waals surface area contributed by atoms with Gasteiger partial charge >= 0.3 is 0 Å². The van der Waals surface area contributed by atoms with Gasteiger partial charge in [0.1, 0.15) is 5.69 Å². The molecule has 1 aromatic heterocycles. The van der Waals surface area contributed by atoms with Gasteiger partial charge in [-0.3, -0.25) is 4.79 Å².